The van der Waals surface area contributed by atoms with Crippen LogP contribution in [0.15, 0.2) is 78.9 Å². The summed E-state index contributed by atoms with van der Waals surface area (Å²) in [7, 11) is 0. The van der Waals surface area contributed by atoms with Gasteiger partial charge >= 0.3 is 6.03 Å². The molecule has 0 radical (unpaired) electrons. The van der Waals surface area contributed by atoms with Crippen molar-refractivity contribution in [3.63, 3.8) is 0 Å². The van der Waals surface area contributed by atoms with Crippen molar-refractivity contribution in [1.82, 2.24) is 5.32 Å². The Morgan fingerprint density at radius 3 is 2.34 bits per heavy atom. The molecule has 0 bridgehead atoms. The van der Waals surface area contributed by atoms with Crippen molar-refractivity contribution in [1.29, 1.82) is 0 Å². The summed E-state index contributed by atoms with van der Waals surface area (Å²) in [6.07, 6.45) is 1.29. The van der Waals surface area contributed by atoms with Crippen LogP contribution in [0, 0.1) is 11.2 Å². The fraction of sp³-hybridized carbons (Fsp3) is 0.250. The van der Waals surface area contributed by atoms with Crippen molar-refractivity contribution < 1.29 is 18.8 Å². The average Bonchev–Trinajstić information content (AvgIpc) is 2.88. The van der Waals surface area contributed by atoms with Crippen LogP contribution >= 0.6 is 0 Å². The number of hydrogen-bond donors (Lipinski definition) is 1. The highest BCUT2D eigenvalue weighted by Gasteiger charge is 2.63. The number of benzene rings is 3. The predicted octanol–water partition coefficient (Wildman–Crippen LogP) is 4.40. The molecule has 3 aromatic rings. The molecule has 0 aliphatic carbocycles. The van der Waals surface area contributed by atoms with Gasteiger partial charge in [0, 0.05) is 6.54 Å². The Balaban J connectivity index is 1.51. The molecule has 3 unspecified atom stereocenters. The highest BCUT2D eigenvalue weighted by atomic mass is 19.1. The topological polar surface area (TPSA) is 69.7 Å². The number of anilines is 2. The second-order valence-electron chi connectivity index (χ2n) is 9.47. The van der Waals surface area contributed by atoms with Crippen LogP contribution in [0.1, 0.15) is 29.9 Å². The number of carbonyl (C=O) groups excluding carboxylic acids is 3. The van der Waals surface area contributed by atoms with E-state index in [-0.39, 0.29) is 18.2 Å². The molecule has 3 aliphatic rings. The van der Waals surface area contributed by atoms with E-state index in [2.05, 4.69) is 5.32 Å². The SMILES string of the molecule is O=C1NC(=O)C2(Cc3cccc(F)c3N3CCC(c4ccccc4)CC32)C(=O)N1c1ccccc1. The van der Waals surface area contributed by atoms with Crippen LogP contribution in [0.4, 0.5) is 20.6 Å². The second kappa shape index (κ2) is 8.05. The Morgan fingerprint density at radius 2 is 1.60 bits per heavy atom. The van der Waals surface area contributed by atoms with Crippen LogP contribution < -0.4 is 15.1 Å². The molecule has 3 aliphatic heterocycles. The van der Waals surface area contributed by atoms with E-state index in [1.165, 1.54) is 6.07 Å². The van der Waals surface area contributed by atoms with Crippen LogP contribution in [-0.2, 0) is 16.0 Å². The molecule has 6 nitrogen and oxygen atoms in total. The van der Waals surface area contributed by atoms with Gasteiger partial charge in [-0.15, -0.1) is 0 Å². The molecule has 1 spiro atoms. The van der Waals surface area contributed by atoms with Crippen molar-refractivity contribution in [2.24, 2.45) is 5.41 Å². The van der Waals surface area contributed by atoms with Crippen LogP contribution in [-0.4, -0.2) is 30.4 Å². The molecule has 3 heterocycles. The lowest BCUT2D eigenvalue weighted by Gasteiger charge is -2.54. The molecule has 7 heteroatoms. The van der Waals surface area contributed by atoms with Crippen molar-refractivity contribution in [2.45, 2.75) is 31.2 Å². The normalized spacial score (nSPS) is 25.8. The van der Waals surface area contributed by atoms with Gasteiger partial charge in [-0.2, -0.15) is 0 Å². The van der Waals surface area contributed by atoms with Crippen LogP contribution in [0.3, 0.4) is 0 Å². The monoisotopic (exact) mass is 469 g/mol. The van der Waals surface area contributed by atoms with Gasteiger partial charge in [-0.3, -0.25) is 14.9 Å². The third-order valence-corrected chi connectivity index (χ3v) is 7.70. The number of piperidine rings is 1. The van der Waals surface area contributed by atoms with Gasteiger partial charge in [0.15, 0.2) is 5.41 Å². The first-order valence-electron chi connectivity index (χ1n) is 11.8. The van der Waals surface area contributed by atoms with Gasteiger partial charge in [-0.1, -0.05) is 60.7 Å². The van der Waals surface area contributed by atoms with Gasteiger partial charge in [0.2, 0.25) is 5.91 Å². The number of halogens is 1. The minimum atomic E-state index is -1.56. The zero-order chi connectivity index (χ0) is 24.2. The number of para-hydroxylation sites is 2. The second-order valence-corrected chi connectivity index (χ2v) is 9.47. The summed E-state index contributed by atoms with van der Waals surface area (Å²) < 4.78 is 15.1. The highest BCUT2D eigenvalue weighted by molar-refractivity contribution is 6.30. The van der Waals surface area contributed by atoms with Crippen molar-refractivity contribution in [3.05, 3.63) is 95.8 Å². The van der Waals surface area contributed by atoms with Crippen molar-refractivity contribution in [2.75, 3.05) is 16.3 Å². The fourth-order valence-corrected chi connectivity index (χ4v) is 6.09. The third kappa shape index (κ3) is 3.18. The maximum absolute atomic E-state index is 15.1. The minimum absolute atomic E-state index is 0.0318. The van der Waals surface area contributed by atoms with E-state index < -0.39 is 29.3 Å². The summed E-state index contributed by atoms with van der Waals surface area (Å²) in [6, 6.07) is 22.0. The third-order valence-electron chi connectivity index (χ3n) is 7.70. The molecule has 176 valence electrons. The molecule has 0 saturated carbocycles. The largest absolute Gasteiger partial charge is 0.364 e. The Morgan fingerprint density at radius 1 is 0.886 bits per heavy atom. The molecular weight excluding hydrogens is 445 g/mol. The lowest BCUT2D eigenvalue weighted by molar-refractivity contribution is -0.145. The molecule has 2 fully saturated rings. The summed E-state index contributed by atoms with van der Waals surface area (Å²) >= 11 is 0. The number of amides is 4. The average molecular weight is 470 g/mol. The Hall–Kier alpha value is -4.00. The molecule has 1 N–H and O–H groups in total. The zero-order valence-electron chi connectivity index (χ0n) is 19.0. The Bertz CT molecular complexity index is 1330. The van der Waals surface area contributed by atoms with Gasteiger partial charge in [0.1, 0.15) is 5.82 Å². The number of nitrogens with one attached hydrogen (secondary N) is 1. The zero-order valence-corrected chi connectivity index (χ0v) is 19.0. The van der Waals surface area contributed by atoms with E-state index in [1.54, 1.807) is 42.5 Å². The minimum Gasteiger partial charge on any atom is -0.364 e. The first kappa shape index (κ1) is 21.5. The maximum atomic E-state index is 15.1. The Labute approximate surface area is 202 Å². The molecule has 0 aromatic heterocycles. The van der Waals surface area contributed by atoms with Gasteiger partial charge in [0.05, 0.1) is 17.4 Å². The first-order valence-corrected chi connectivity index (χ1v) is 11.8. The van der Waals surface area contributed by atoms with Crippen LogP contribution in [0.2, 0.25) is 0 Å². The van der Waals surface area contributed by atoms with E-state index in [0.717, 1.165) is 16.9 Å². The van der Waals surface area contributed by atoms with Crippen molar-refractivity contribution >= 4 is 29.2 Å². The van der Waals surface area contributed by atoms with E-state index in [9.17, 15) is 14.4 Å². The summed E-state index contributed by atoms with van der Waals surface area (Å²) in [4.78, 5) is 43.7. The molecule has 4 amide bonds. The quantitative estimate of drug-likeness (QED) is 0.565. The van der Waals surface area contributed by atoms with Gasteiger partial charge < -0.3 is 4.90 Å². The Kier molecular flexibility index (Phi) is 4.95. The summed E-state index contributed by atoms with van der Waals surface area (Å²) in [5.41, 5.74) is 1.02. The summed E-state index contributed by atoms with van der Waals surface area (Å²) in [5.74, 6) is -1.43. The predicted molar refractivity (Wildman–Crippen MR) is 130 cm³/mol. The number of urea groups is 1. The molecule has 6 rings (SSSR count). The summed E-state index contributed by atoms with van der Waals surface area (Å²) in [6.45, 7) is 0.500. The number of barbiturate groups is 1. The standard InChI is InChI=1S/C28H24FN3O3/c29-22-13-7-10-20-17-28(25(33)30-27(35)32(26(28)34)21-11-5-2-6-12-21)23-16-19(14-15-31(23)24(20)22)18-8-3-1-4-9-18/h1-13,19,23H,14-17H2,(H,30,33,35). The van der Waals surface area contributed by atoms with Gasteiger partial charge in [-0.05, 0) is 54.5 Å². The molecule has 3 aromatic carbocycles. The van der Waals surface area contributed by atoms with Crippen LogP contribution in [0.25, 0.3) is 0 Å². The number of nitrogens with zero attached hydrogens (tertiary/aromatic N) is 2. The number of carbonyl (C=O) groups is 3. The van der Waals surface area contributed by atoms with E-state index in [4.69, 9.17) is 0 Å². The molecule has 3 atom stereocenters. The van der Waals surface area contributed by atoms with Crippen LogP contribution in [0.5, 0.6) is 0 Å². The summed E-state index contributed by atoms with van der Waals surface area (Å²) in [5, 5.41) is 2.46. The first-order chi connectivity index (χ1) is 17.0. The maximum Gasteiger partial charge on any atom is 0.335 e. The fourth-order valence-electron chi connectivity index (χ4n) is 6.09. The number of rotatable bonds is 2. The van der Waals surface area contributed by atoms with Gasteiger partial charge in [-0.25, -0.2) is 14.1 Å². The van der Waals surface area contributed by atoms with Crippen molar-refractivity contribution in [3.8, 4) is 0 Å². The smallest absolute Gasteiger partial charge is 0.335 e. The van der Waals surface area contributed by atoms with E-state index in [0.29, 0.717) is 29.9 Å². The molecule has 35 heavy (non-hydrogen) atoms. The lowest BCUT2D eigenvalue weighted by atomic mass is 9.64. The molecular formula is C28H24FN3O3. The molecule has 2 saturated heterocycles. The number of fused-ring (bicyclic) bond motifs is 4. The van der Waals surface area contributed by atoms with E-state index >= 15 is 4.39 Å². The number of hydrogen-bond acceptors (Lipinski definition) is 4. The highest BCUT2D eigenvalue weighted by Crippen LogP contribution is 2.51. The van der Waals surface area contributed by atoms with Gasteiger partial charge in [0.25, 0.3) is 5.91 Å². The van der Waals surface area contributed by atoms with E-state index in [1.807, 2.05) is 35.2 Å². The lowest BCUT2D eigenvalue weighted by Crippen LogP contribution is -2.73. The number of imide groups is 2.